The van der Waals surface area contributed by atoms with Gasteiger partial charge in [-0.05, 0) is 57.7 Å². The molecule has 10 heteroatoms. The number of amides is 2. The molecular weight excluding hydrogens is 449 g/mol. The van der Waals surface area contributed by atoms with Gasteiger partial charge in [-0.15, -0.1) is 0 Å². The summed E-state index contributed by atoms with van der Waals surface area (Å²) in [6.45, 7) is 5.30. The van der Waals surface area contributed by atoms with Crippen molar-refractivity contribution in [2.45, 2.75) is 45.7 Å². The van der Waals surface area contributed by atoms with Crippen LogP contribution in [-0.4, -0.2) is 63.4 Å². The van der Waals surface area contributed by atoms with E-state index < -0.39 is 23.4 Å². The molecule has 182 valence electrons. The van der Waals surface area contributed by atoms with Crippen molar-refractivity contribution in [2.75, 3.05) is 26.2 Å². The van der Waals surface area contributed by atoms with Crippen LogP contribution in [0, 0.1) is 19.8 Å². The molecule has 1 aromatic carbocycles. The predicted octanol–water partition coefficient (Wildman–Crippen LogP) is 3.55. The van der Waals surface area contributed by atoms with Gasteiger partial charge in [0.05, 0.1) is 28.2 Å². The smallest absolute Gasteiger partial charge is 0.342 e. The standard InChI is InChI=1S/C24H27F3N4O3/c1-15-20(16(2)31(28-15)19-7-5-6-18(14-19)24(25,26)27)21(32)23(34)30-12-8-17(9-13-30)22(33)29-10-3-4-11-29/h5-7,14,17H,3-4,8-13H2,1-2H3. The highest BCUT2D eigenvalue weighted by Crippen LogP contribution is 2.31. The number of alkyl halides is 3. The molecule has 0 saturated carbocycles. The summed E-state index contributed by atoms with van der Waals surface area (Å²) in [5.74, 6) is -1.42. The van der Waals surface area contributed by atoms with E-state index in [2.05, 4.69) is 5.10 Å². The third kappa shape index (κ3) is 4.58. The first-order valence-corrected chi connectivity index (χ1v) is 11.4. The third-order valence-electron chi connectivity index (χ3n) is 6.68. The first-order valence-electron chi connectivity index (χ1n) is 11.4. The van der Waals surface area contributed by atoms with E-state index in [1.807, 2.05) is 4.90 Å². The monoisotopic (exact) mass is 476 g/mol. The van der Waals surface area contributed by atoms with E-state index in [9.17, 15) is 27.6 Å². The SMILES string of the molecule is Cc1nn(-c2cccc(C(F)(F)F)c2)c(C)c1C(=O)C(=O)N1CCC(C(=O)N2CCCC2)CC1. The number of piperidine rings is 1. The molecule has 0 aliphatic carbocycles. The van der Waals surface area contributed by atoms with Crippen LogP contribution in [0.5, 0.6) is 0 Å². The first-order chi connectivity index (χ1) is 16.1. The summed E-state index contributed by atoms with van der Waals surface area (Å²) in [5.41, 5.74) is -0.00433. The fourth-order valence-corrected chi connectivity index (χ4v) is 4.81. The van der Waals surface area contributed by atoms with Gasteiger partial charge in [0.1, 0.15) is 0 Å². The number of nitrogens with zero attached hydrogens (tertiary/aromatic N) is 4. The van der Waals surface area contributed by atoms with Gasteiger partial charge in [0.25, 0.3) is 11.7 Å². The maximum absolute atomic E-state index is 13.1. The van der Waals surface area contributed by atoms with Crippen molar-refractivity contribution in [1.82, 2.24) is 19.6 Å². The quantitative estimate of drug-likeness (QED) is 0.500. The number of aryl methyl sites for hydroxylation is 1. The Morgan fingerprint density at radius 2 is 1.62 bits per heavy atom. The Morgan fingerprint density at radius 1 is 0.971 bits per heavy atom. The largest absolute Gasteiger partial charge is 0.416 e. The molecule has 2 aliphatic rings. The topological polar surface area (TPSA) is 75.5 Å². The van der Waals surface area contributed by atoms with Crippen molar-refractivity contribution in [3.63, 3.8) is 0 Å². The molecule has 2 aromatic rings. The number of Topliss-reactive ketones (excluding diaryl/α,β-unsaturated/α-hetero) is 1. The number of halogens is 3. The van der Waals surface area contributed by atoms with Gasteiger partial charge in [-0.1, -0.05) is 6.07 Å². The highest BCUT2D eigenvalue weighted by Gasteiger charge is 2.35. The maximum atomic E-state index is 13.1. The van der Waals surface area contributed by atoms with Crippen molar-refractivity contribution < 1.29 is 27.6 Å². The molecule has 2 saturated heterocycles. The molecule has 0 bridgehead atoms. The number of ketones is 1. The Morgan fingerprint density at radius 3 is 2.24 bits per heavy atom. The molecule has 0 N–H and O–H groups in total. The Labute approximate surface area is 195 Å². The minimum absolute atomic E-state index is 0.0951. The predicted molar refractivity (Wildman–Crippen MR) is 117 cm³/mol. The van der Waals surface area contributed by atoms with Crippen LogP contribution in [0.4, 0.5) is 13.2 Å². The molecule has 0 atom stereocenters. The normalized spacial score (nSPS) is 17.3. The number of aromatic nitrogens is 2. The zero-order valence-electron chi connectivity index (χ0n) is 19.2. The second-order valence-electron chi connectivity index (χ2n) is 8.93. The lowest BCUT2D eigenvalue weighted by Gasteiger charge is -2.32. The zero-order chi connectivity index (χ0) is 24.6. The van der Waals surface area contributed by atoms with Crippen LogP contribution in [0.15, 0.2) is 24.3 Å². The van der Waals surface area contributed by atoms with Crippen molar-refractivity contribution in [2.24, 2.45) is 5.92 Å². The van der Waals surface area contributed by atoms with Crippen molar-refractivity contribution in [3.8, 4) is 5.69 Å². The van der Waals surface area contributed by atoms with Crippen LogP contribution in [-0.2, 0) is 15.8 Å². The lowest BCUT2D eigenvalue weighted by atomic mass is 9.94. The molecular formula is C24H27F3N4O3. The van der Waals surface area contributed by atoms with Gasteiger partial charge in [0.15, 0.2) is 0 Å². The second-order valence-corrected chi connectivity index (χ2v) is 8.93. The molecule has 1 aromatic heterocycles. The number of likely N-dealkylation sites (tertiary alicyclic amines) is 2. The first kappa shape index (κ1) is 24.0. The third-order valence-corrected chi connectivity index (χ3v) is 6.68. The lowest BCUT2D eigenvalue weighted by molar-refractivity contribution is -0.138. The molecule has 2 amide bonds. The molecule has 0 unspecified atom stereocenters. The maximum Gasteiger partial charge on any atom is 0.416 e. The molecule has 3 heterocycles. The van der Waals surface area contributed by atoms with E-state index in [4.69, 9.17) is 0 Å². The summed E-state index contributed by atoms with van der Waals surface area (Å²) in [4.78, 5) is 42.0. The summed E-state index contributed by atoms with van der Waals surface area (Å²) >= 11 is 0. The molecule has 7 nitrogen and oxygen atoms in total. The number of hydrogen-bond acceptors (Lipinski definition) is 4. The van der Waals surface area contributed by atoms with Crippen molar-refractivity contribution in [1.29, 1.82) is 0 Å². The number of carbonyl (C=O) groups excluding carboxylic acids is 3. The average molecular weight is 476 g/mol. The van der Waals surface area contributed by atoms with Crippen molar-refractivity contribution in [3.05, 3.63) is 46.8 Å². The van der Waals surface area contributed by atoms with E-state index in [1.165, 1.54) is 21.7 Å². The van der Waals surface area contributed by atoms with Crippen LogP contribution in [0.2, 0.25) is 0 Å². The summed E-state index contributed by atoms with van der Waals surface area (Å²) in [6, 6.07) is 4.66. The summed E-state index contributed by atoms with van der Waals surface area (Å²) < 4.78 is 40.6. The van der Waals surface area contributed by atoms with Gasteiger partial charge in [-0.2, -0.15) is 18.3 Å². The van der Waals surface area contributed by atoms with Gasteiger partial charge in [0.2, 0.25) is 5.91 Å². The Kier molecular flexibility index (Phi) is 6.51. The van der Waals surface area contributed by atoms with E-state index in [0.717, 1.165) is 38.1 Å². The van der Waals surface area contributed by atoms with Gasteiger partial charge in [-0.25, -0.2) is 4.68 Å². The Hall–Kier alpha value is -3.17. The minimum Gasteiger partial charge on any atom is -0.342 e. The van der Waals surface area contributed by atoms with Crippen LogP contribution in [0.25, 0.3) is 5.69 Å². The molecule has 4 rings (SSSR count). The van der Waals surface area contributed by atoms with E-state index >= 15 is 0 Å². The second kappa shape index (κ2) is 9.23. The Bertz CT molecular complexity index is 1110. The van der Waals surface area contributed by atoms with E-state index in [0.29, 0.717) is 31.6 Å². The van der Waals surface area contributed by atoms with Crippen LogP contribution < -0.4 is 0 Å². The van der Waals surface area contributed by atoms with Crippen LogP contribution >= 0.6 is 0 Å². The van der Waals surface area contributed by atoms with Crippen LogP contribution in [0.1, 0.15) is 53.0 Å². The summed E-state index contributed by atoms with van der Waals surface area (Å²) in [7, 11) is 0. The number of carbonyl (C=O) groups is 3. The number of benzene rings is 1. The van der Waals surface area contributed by atoms with Gasteiger partial charge in [0, 0.05) is 32.1 Å². The highest BCUT2D eigenvalue weighted by molar-refractivity contribution is 6.43. The number of rotatable bonds is 4. The van der Waals surface area contributed by atoms with E-state index in [1.54, 1.807) is 13.8 Å². The molecule has 34 heavy (non-hydrogen) atoms. The highest BCUT2D eigenvalue weighted by atomic mass is 19.4. The molecule has 0 spiro atoms. The lowest BCUT2D eigenvalue weighted by Crippen LogP contribution is -2.46. The fourth-order valence-electron chi connectivity index (χ4n) is 4.81. The molecule has 2 fully saturated rings. The Balaban J connectivity index is 1.48. The summed E-state index contributed by atoms with van der Waals surface area (Å²) in [5, 5.41) is 4.24. The van der Waals surface area contributed by atoms with Gasteiger partial charge in [-0.3, -0.25) is 14.4 Å². The van der Waals surface area contributed by atoms with Crippen LogP contribution in [0.3, 0.4) is 0 Å². The van der Waals surface area contributed by atoms with Gasteiger partial charge >= 0.3 is 6.18 Å². The number of hydrogen-bond donors (Lipinski definition) is 0. The van der Waals surface area contributed by atoms with Gasteiger partial charge < -0.3 is 9.80 Å². The fraction of sp³-hybridized carbons (Fsp3) is 0.500. The zero-order valence-corrected chi connectivity index (χ0v) is 19.2. The van der Waals surface area contributed by atoms with E-state index in [-0.39, 0.29) is 28.8 Å². The molecule has 0 radical (unpaired) electrons. The molecule has 2 aliphatic heterocycles. The minimum atomic E-state index is -4.51. The van der Waals surface area contributed by atoms with Crippen molar-refractivity contribution >= 4 is 17.6 Å². The summed E-state index contributed by atoms with van der Waals surface area (Å²) in [6.07, 6.45) is -1.45. The average Bonchev–Trinajstić information content (AvgIpc) is 3.45.